The average Bonchev–Trinajstić information content (AvgIpc) is 3.01. The Bertz CT molecular complexity index is 871. The predicted molar refractivity (Wildman–Crippen MR) is 79.5 cm³/mol. The van der Waals surface area contributed by atoms with E-state index < -0.39 is 5.97 Å². The summed E-state index contributed by atoms with van der Waals surface area (Å²) in [4.78, 5) is 27.7. The van der Waals surface area contributed by atoms with E-state index in [0.29, 0.717) is 21.8 Å². The molecule has 0 saturated carbocycles. The van der Waals surface area contributed by atoms with Gasteiger partial charge in [-0.15, -0.1) is 0 Å². The molecule has 0 N–H and O–H groups in total. The Morgan fingerprint density at radius 3 is 2.82 bits per heavy atom. The second-order valence-corrected chi connectivity index (χ2v) is 5.49. The van der Waals surface area contributed by atoms with E-state index in [0.717, 1.165) is 11.8 Å². The molecule has 0 aliphatic carbocycles. The van der Waals surface area contributed by atoms with E-state index in [1.165, 1.54) is 10.8 Å². The highest BCUT2D eigenvalue weighted by molar-refractivity contribution is 7.99. The number of fused-ring (bicyclic) bond motifs is 1. The number of benzene rings is 1. The summed E-state index contributed by atoms with van der Waals surface area (Å²) in [6.07, 6.45) is 1.52. The summed E-state index contributed by atoms with van der Waals surface area (Å²) in [5.74, 6) is -0.894. The first-order valence-corrected chi connectivity index (χ1v) is 7.48. The van der Waals surface area contributed by atoms with E-state index in [1.54, 1.807) is 36.4 Å². The quantitative estimate of drug-likeness (QED) is 0.513. The van der Waals surface area contributed by atoms with E-state index in [2.05, 4.69) is 4.98 Å². The molecule has 7 heteroatoms. The number of rotatable bonds is 5. The number of thioether (sulfide) groups is 1. The van der Waals surface area contributed by atoms with Gasteiger partial charge in [0.05, 0.1) is 29.7 Å². The minimum Gasteiger partial charge on any atom is -0.549 e. The number of carboxylic acids is 1. The number of aromatic nitrogens is 2. The third kappa shape index (κ3) is 2.89. The molecule has 2 heterocycles. The van der Waals surface area contributed by atoms with Crippen LogP contribution in [0.15, 0.2) is 57.0 Å². The number of nitrogens with zero attached hydrogens (tertiary/aromatic N) is 2. The maximum Gasteiger partial charge on any atom is 0.262 e. The van der Waals surface area contributed by atoms with Crippen LogP contribution in [0.25, 0.3) is 10.9 Å². The molecule has 2 aromatic heterocycles. The summed E-state index contributed by atoms with van der Waals surface area (Å²) in [7, 11) is 0. The second kappa shape index (κ2) is 6.07. The highest BCUT2D eigenvalue weighted by atomic mass is 32.2. The number of carboxylic acid groups (broad SMARTS) is 1. The summed E-state index contributed by atoms with van der Waals surface area (Å²) in [5, 5.41) is 11.5. The molecule has 6 nitrogen and oxygen atoms in total. The molecule has 22 heavy (non-hydrogen) atoms. The maximum absolute atomic E-state index is 12.6. The van der Waals surface area contributed by atoms with Crippen molar-refractivity contribution >= 4 is 28.6 Å². The van der Waals surface area contributed by atoms with Crippen LogP contribution in [0.3, 0.4) is 0 Å². The van der Waals surface area contributed by atoms with Gasteiger partial charge >= 0.3 is 0 Å². The van der Waals surface area contributed by atoms with Gasteiger partial charge in [-0.3, -0.25) is 9.36 Å². The fraction of sp³-hybridized carbons (Fsp3) is 0.133. The maximum atomic E-state index is 12.6. The highest BCUT2D eigenvalue weighted by Crippen LogP contribution is 2.18. The van der Waals surface area contributed by atoms with Crippen molar-refractivity contribution in [1.29, 1.82) is 0 Å². The van der Waals surface area contributed by atoms with Crippen LogP contribution in [0.4, 0.5) is 0 Å². The fourth-order valence-electron chi connectivity index (χ4n) is 2.08. The molecule has 0 radical (unpaired) electrons. The van der Waals surface area contributed by atoms with Gasteiger partial charge in [-0.2, -0.15) is 0 Å². The molecule has 0 amide bonds. The Morgan fingerprint density at radius 1 is 1.27 bits per heavy atom. The molecule has 0 unspecified atom stereocenters. The first-order valence-electron chi connectivity index (χ1n) is 6.50. The molecule has 1 aromatic carbocycles. The molecule has 0 saturated heterocycles. The highest BCUT2D eigenvalue weighted by Gasteiger charge is 2.12. The van der Waals surface area contributed by atoms with Crippen LogP contribution < -0.4 is 10.7 Å². The molecule has 3 rings (SSSR count). The number of furan rings is 1. The molecule has 112 valence electrons. The smallest absolute Gasteiger partial charge is 0.262 e. The van der Waals surface area contributed by atoms with E-state index in [1.807, 2.05) is 0 Å². The average molecular weight is 315 g/mol. The van der Waals surface area contributed by atoms with Gasteiger partial charge in [0.1, 0.15) is 5.76 Å². The number of hydrogen-bond acceptors (Lipinski definition) is 6. The van der Waals surface area contributed by atoms with E-state index in [4.69, 9.17) is 4.42 Å². The Morgan fingerprint density at radius 2 is 2.09 bits per heavy atom. The lowest BCUT2D eigenvalue weighted by atomic mass is 10.2. The lowest BCUT2D eigenvalue weighted by molar-refractivity contribution is -0.301. The van der Waals surface area contributed by atoms with Crippen molar-refractivity contribution in [2.24, 2.45) is 0 Å². The monoisotopic (exact) mass is 315 g/mol. The lowest BCUT2D eigenvalue weighted by Crippen LogP contribution is -2.27. The number of para-hydroxylation sites is 1. The van der Waals surface area contributed by atoms with Crippen LogP contribution in [-0.4, -0.2) is 21.3 Å². The zero-order valence-electron chi connectivity index (χ0n) is 11.4. The van der Waals surface area contributed by atoms with Crippen molar-refractivity contribution in [3.05, 3.63) is 58.8 Å². The molecule has 0 aliphatic heterocycles. The van der Waals surface area contributed by atoms with Gasteiger partial charge in [0.15, 0.2) is 5.16 Å². The van der Waals surface area contributed by atoms with Crippen molar-refractivity contribution in [2.75, 3.05) is 5.75 Å². The summed E-state index contributed by atoms with van der Waals surface area (Å²) < 4.78 is 6.67. The van der Waals surface area contributed by atoms with Crippen molar-refractivity contribution in [2.45, 2.75) is 11.7 Å². The predicted octanol–water partition coefficient (Wildman–Crippen LogP) is 0.880. The third-order valence-electron chi connectivity index (χ3n) is 3.04. The van der Waals surface area contributed by atoms with E-state index in [-0.39, 0.29) is 17.9 Å². The Kier molecular flexibility index (Phi) is 3.97. The van der Waals surface area contributed by atoms with Gasteiger partial charge in [-0.1, -0.05) is 23.9 Å². The molecule has 0 aliphatic rings. The number of aliphatic carboxylic acids is 1. The lowest BCUT2D eigenvalue weighted by Gasteiger charge is -2.12. The van der Waals surface area contributed by atoms with Gasteiger partial charge in [-0.25, -0.2) is 4.98 Å². The Labute approximate surface area is 129 Å². The van der Waals surface area contributed by atoms with Crippen LogP contribution in [0.2, 0.25) is 0 Å². The first-order chi connectivity index (χ1) is 10.6. The SMILES string of the molecule is O=C([O-])CSc1nc2ccccc2c(=O)n1Cc1ccco1. The summed E-state index contributed by atoms with van der Waals surface area (Å²) in [6.45, 7) is 0.194. The molecular formula is C15H11N2O4S-. The van der Waals surface area contributed by atoms with Gasteiger partial charge < -0.3 is 14.3 Å². The van der Waals surface area contributed by atoms with Gasteiger partial charge in [-0.05, 0) is 24.3 Å². The topological polar surface area (TPSA) is 88.2 Å². The van der Waals surface area contributed by atoms with Crippen LogP contribution >= 0.6 is 11.8 Å². The largest absolute Gasteiger partial charge is 0.549 e. The minimum absolute atomic E-state index is 0.194. The van der Waals surface area contributed by atoms with Crippen molar-refractivity contribution < 1.29 is 14.3 Å². The standard InChI is InChI=1S/C15H12N2O4S/c18-13(19)9-22-15-16-12-6-2-1-5-11(12)14(20)17(15)8-10-4-3-7-21-10/h1-7H,8-9H2,(H,18,19)/p-1. The summed E-state index contributed by atoms with van der Waals surface area (Å²) >= 11 is 0.954. The van der Waals surface area contributed by atoms with E-state index in [9.17, 15) is 14.7 Å². The van der Waals surface area contributed by atoms with Crippen LogP contribution in [0.5, 0.6) is 0 Å². The van der Waals surface area contributed by atoms with Crippen molar-refractivity contribution in [1.82, 2.24) is 9.55 Å². The van der Waals surface area contributed by atoms with Gasteiger partial charge in [0, 0.05) is 5.75 Å². The zero-order chi connectivity index (χ0) is 15.5. The molecule has 0 atom stereocenters. The normalized spacial score (nSPS) is 10.9. The minimum atomic E-state index is -1.21. The summed E-state index contributed by atoms with van der Waals surface area (Å²) in [6, 6.07) is 10.4. The van der Waals surface area contributed by atoms with Gasteiger partial charge in [0.2, 0.25) is 0 Å². The van der Waals surface area contributed by atoms with Crippen LogP contribution in [0.1, 0.15) is 5.76 Å². The molecule has 0 fully saturated rings. The van der Waals surface area contributed by atoms with Crippen LogP contribution in [-0.2, 0) is 11.3 Å². The Balaban J connectivity index is 2.12. The first kappa shape index (κ1) is 14.4. The Hall–Kier alpha value is -2.54. The second-order valence-electron chi connectivity index (χ2n) is 4.54. The third-order valence-corrected chi connectivity index (χ3v) is 3.99. The molecule has 3 aromatic rings. The molecular weight excluding hydrogens is 304 g/mol. The fourth-order valence-corrected chi connectivity index (χ4v) is 2.79. The summed E-state index contributed by atoms with van der Waals surface area (Å²) in [5.41, 5.74) is 0.298. The van der Waals surface area contributed by atoms with Gasteiger partial charge in [0.25, 0.3) is 5.56 Å². The number of hydrogen-bond donors (Lipinski definition) is 0. The zero-order valence-corrected chi connectivity index (χ0v) is 12.2. The molecule has 0 spiro atoms. The van der Waals surface area contributed by atoms with Crippen molar-refractivity contribution in [3.63, 3.8) is 0 Å². The van der Waals surface area contributed by atoms with Crippen molar-refractivity contribution in [3.8, 4) is 0 Å². The van der Waals surface area contributed by atoms with E-state index >= 15 is 0 Å². The number of carbonyl (C=O) groups is 1. The van der Waals surface area contributed by atoms with Crippen LogP contribution in [0, 0.1) is 0 Å². The molecule has 0 bridgehead atoms. The number of carbonyl (C=O) groups excluding carboxylic acids is 1.